The van der Waals surface area contributed by atoms with Crippen LogP contribution in [0.1, 0.15) is 57.9 Å². The summed E-state index contributed by atoms with van der Waals surface area (Å²) in [6, 6.07) is 4.84. The Morgan fingerprint density at radius 3 is 2.74 bits per heavy atom. The molecule has 0 aromatic carbocycles. The zero-order chi connectivity index (χ0) is 19.4. The molecule has 4 rings (SSSR count). The smallest absolute Gasteiger partial charge is 0.410 e. The molecule has 7 nitrogen and oxygen atoms in total. The van der Waals surface area contributed by atoms with Crippen molar-refractivity contribution >= 4 is 11.7 Å². The van der Waals surface area contributed by atoms with Gasteiger partial charge in [-0.2, -0.15) is 4.98 Å². The second-order valence-electron chi connectivity index (χ2n) is 8.69. The van der Waals surface area contributed by atoms with Crippen LogP contribution in [0.5, 0.6) is 5.88 Å². The molecule has 27 heavy (non-hydrogen) atoms. The topological polar surface area (TPSA) is 84.1 Å². The maximum absolute atomic E-state index is 12.6. The molecule has 0 bridgehead atoms. The summed E-state index contributed by atoms with van der Waals surface area (Å²) in [7, 11) is 0. The molecular weight excluding hydrogens is 346 g/mol. The molecular formula is C20H25N3O4. The molecule has 2 aromatic heterocycles. The molecule has 1 aliphatic heterocycles. The van der Waals surface area contributed by atoms with Gasteiger partial charge in [0, 0.05) is 18.3 Å². The predicted molar refractivity (Wildman–Crippen MR) is 100 cm³/mol. The Kier molecular flexibility index (Phi) is 3.94. The molecule has 1 unspecified atom stereocenters. The fraction of sp³-hybridized carbons (Fsp3) is 0.550. The second kappa shape index (κ2) is 5.97. The lowest BCUT2D eigenvalue weighted by Crippen LogP contribution is -2.49. The lowest BCUT2D eigenvalue weighted by atomic mass is 9.84. The highest BCUT2D eigenvalue weighted by atomic mass is 16.6. The number of carbonyl (C=O) groups excluding carboxylic acids is 1. The minimum atomic E-state index is -0.498. The first-order valence-electron chi connectivity index (χ1n) is 9.40. The summed E-state index contributed by atoms with van der Waals surface area (Å²) in [5.41, 5.74) is 0.579. The number of piperidine rings is 1. The lowest BCUT2D eigenvalue weighted by Gasteiger charge is -2.40. The summed E-state index contributed by atoms with van der Waals surface area (Å²) in [6.45, 7) is 6.31. The van der Waals surface area contributed by atoms with Gasteiger partial charge in [-0.15, -0.1) is 0 Å². The van der Waals surface area contributed by atoms with Crippen LogP contribution in [-0.2, 0) is 4.74 Å². The highest BCUT2D eigenvalue weighted by molar-refractivity contribution is 5.70. The normalized spacial score (nSPS) is 21.4. The van der Waals surface area contributed by atoms with Crippen LogP contribution in [0.25, 0.3) is 5.65 Å². The summed E-state index contributed by atoms with van der Waals surface area (Å²) < 4.78 is 7.06. The number of amides is 1. The number of hydrogen-bond acceptors (Lipinski definition) is 5. The maximum atomic E-state index is 12.6. The Morgan fingerprint density at radius 1 is 1.33 bits per heavy atom. The van der Waals surface area contributed by atoms with E-state index in [1.165, 1.54) is 4.40 Å². The minimum Gasteiger partial charge on any atom is -0.493 e. The molecule has 2 aromatic rings. The molecule has 144 valence electrons. The van der Waals surface area contributed by atoms with Crippen molar-refractivity contribution in [3.05, 3.63) is 40.3 Å². The number of carbonyl (C=O) groups is 1. The van der Waals surface area contributed by atoms with E-state index in [0.29, 0.717) is 12.2 Å². The van der Waals surface area contributed by atoms with E-state index in [0.717, 1.165) is 37.3 Å². The van der Waals surface area contributed by atoms with Gasteiger partial charge in [0.2, 0.25) is 5.88 Å². The van der Waals surface area contributed by atoms with Crippen LogP contribution in [0, 0.1) is 0 Å². The van der Waals surface area contributed by atoms with Gasteiger partial charge in [0.05, 0.1) is 6.07 Å². The van der Waals surface area contributed by atoms with E-state index in [4.69, 9.17) is 4.74 Å². The Balaban J connectivity index is 1.57. The SMILES string of the molecule is CC(C)(C)OC(=O)N1CCC(c2ccc3nc(O)cc(=O)n3c2)CC12CC2. The average Bonchev–Trinajstić information content (AvgIpc) is 3.32. The van der Waals surface area contributed by atoms with Gasteiger partial charge in [-0.05, 0) is 64.0 Å². The fourth-order valence-corrected chi connectivity index (χ4v) is 4.05. The number of pyridine rings is 1. The first-order valence-corrected chi connectivity index (χ1v) is 9.40. The van der Waals surface area contributed by atoms with Crippen molar-refractivity contribution in [3.8, 4) is 5.88 Å². The van der Waals surface area contributed by atoms with E-state index in [1.807, 2.05) is 37.9 Å². The van der Waals surface area contributed by atoms with E-state index in [1.54, 1.807) is 6.07 Å². The van der Waals surface area contributed by atoms with Gasteiger partial charge >= 0.3 is 6.09 Å². The molecule has 0 radical (unpaired) electrons. The Morgan fingerprint density at radius 2 is 2.07 bits per heavy atom. The molecule has 1 N–H and O–H groups in total. The zero-order valence-electron chi connectivity index (χ0n) is 15.9. The van der Waals surface area contributed by atoms with Crippen LogP contribution in [0.2, 0.25) is 0 Å². The molecule has 1 amide bonds. The molecule has 1 spiro atoms. The summed E-state index contributed by atoms with van der Waals surface area (Å²) in [4.78, 5) is 30.6. The summed E-state index contributed by atoms with van der Waals surface area (Å²) in [5.74, 6) is 0.00615. The molecule has 2 aliphatic rings. The number of likely N-dealkylation sites (tertiary alicyclic amines) is 1. The zero-order valence-corrected chi connectivity index (χ0v) is 15.9. The third-order valence-corrected chi connectivity index (χ3v) is 5.48. The number of aromatic nitrogens is 2. The molecule has 2 fully saturated rings. The maximum Gasteiger partial charge on any atom is 0.410 e. The molecule has 1 aliphatic carbocycles. The quantitative estimate of drug-likeness (QED) is 0.833. The van der Waals surface area contributed by atoms with Crippen molar-refractivity contribution in [3.63, 3.8) is 0 Å². The van der Waals surface area contributed by atoms with Crippen LogP contribution in [0.3, 0.4) is 0 Å². The van der Waals surface area contributed by atoms with Gasteiger partial charge in [-0.1, -0.05) is 6.07 Å². The fourth-order valence-electron chi connectivity index (χ4n) is 4.05. The van der Waals surface area contributed by atoms with Crippen molar-refractivity contribution in [2.45, 2.75) is 63.5 Å². The van der Waals surface area contributed by atoms with Gasteiger partial charge in [0.15, 0.2) is 0 Å². The highest BCUT2D eigenvalue weighted by Crippen LogP contribution is 2.52. The number of nitrogens with zero attached hydrogens (tertiary/aromatic N) is 3. The molecule has 7 heteroatoms. The van der Waals surface area contributed by atoms with Crippen molar-refractivity contribution in [2.24, 2.45) is 0 Å². The first kappa shape index (κ1) is 17.8. The summed E-state index contributed by atoms with van der Waals surface area (Å²) in [5, 5.41) is 9.49. The van der Waals surface area contributed by atoms with E-state index < -0.39 is 5.60 Å². The van der Waals surface area contributed by atoms with E-state index >= 15 is 0 Å². The Labute approximate surface area is 157 Å². The molecule has 3 heterocycles. The van der Waals surface area contributed by atoms with E-state index in [9.17, 15) is 14.7 Å². The van der Waals surface area contributed by atoms with Crippen molar-refractivity contribution in [2.75, 3.05) is 6.54 Å². The van der Waals surface area contributed by atoms with Crippen LogP contribution < -0.4 is 5.56 Å². The van der Waals surface area contributed by atoms with Crippen molar-refractivity contribution in [1.29, 1.82) is 0 Å². The summed E-state index contributed by atoms with van der Waals surface area (Å²) >= 11 is 0. The lowest BCUT2D eigenvalue weighted by molar-refractivity contribution is 0.00371. The van der Waals surface area contributed by atoms with E-state index in [2.05, 4.69) is 4.98 Å². The largest absolute Gasteiger partial charge is 0.493 e. The van der Waals surface area contributed by atoms with Gasteiger partial charge in [0.25, 0.3) is 5.56 Å². The number of ether oxygens (including phenoxy) is 1. The predicted octanol–water partition coefficient (Wildman–Crippen LogP) is 3.05. The van der Waals surface area contributed by atoms with Crippen LogP contribution in [0.4, 0.5) is 4.79 Å². The van der Waals surface area contributed by atoms with Crippen LogP contribution in [-0.4, -0.2) is 43.2 Å². The third kappa shape index (κ3) is 3.38. The van der Waals surface area contributed by atoms with Crippen LogP contribution >= 0.6 is 0 Å². The monoisotopic (exact) mass is 371 g/mol. The van der Waals surface area contributed by atoms with Gasteiger partial charge in [0.1, 0.15) is 11.2 Å². The standard InChI is InChI=1S/C20H25N3O4/c1-19(2,3)27-18(26)23-9-6-13(11-20(23)7-8-20)14-4-5-15-21-16(24)10-17(25)22(15)12-14/h4-5,10,12-13,24H,6-9,11H2,1-3H3. The number of hydrogen-bond donors (Lipinski definition) is 1. The van der Waals surface area contributed by atoms with Gasteiger partial charge in [-0.25, -0.2) is 4.79 Å². The molecule has 1 saturated carbocycles. The van der Waals surface area contributed by atoms with Crippen molar-refractivity contribution < 1.29 is 14.6 Å². The average molecular weight is 371 g/mol. The molecule has 1 atom stereocenters. The summed E-state index contributed by atoms with van der Waals surface area (Å²) in [6.07, 6.45) is 5.27. The number of aromatic hydroxyl groups is 1. The minimum absolute atomic E-state index is 0.113. The highest BCUT2D eigenvalue weighted by Gasteiger charge is 2.54. The third-order valence-electron chi connectivity index (χ3n) is 5.48. The first-order chi connectivity index (χ1) is 12.7. The number of fused-ring (bicyclic) bond motifs is 1. The van der Waals surface area contributed by atoms with E-state index in [-0.39, 0.29) is 29.0 Å². The molecule has 1 saturated heterocycles. The second-order valence-corrected chi connectivity index (χ2v) is 8.69. The van der Waals surface area contributed by atoms with Crippen LogP contribution in [0.15, 0.2) is 29.2 Å². The Bertz CT molecular complexity index is 956. The van der Waals surface area contributed by atoms with Gasteiger partial charge < -0.3 is 14.7 Å². The van der Waals surface area contributed by atoms with Crippen molar-refractivity contribution in [1.82, 2.24) is 14.3 Å². The van der Waals surface area contributed by atoms with Gasteiger partial charge in [-0.3, -0.25) is 9.20 Å². The Hall–Kier alpha value is -2.57. The number of rotatable bonds is 1.